The molecular weight excluding hydrogens is 710 g/mol. The molecule has 3 N–H and O–H groups in total. The molecule has 0 spiro atoms. The van der Waals surface area contributed by atoms with E-state index in [0.29, 0.717) is 23.1 Å². The van der Waals surface area contributed by atoms with Crippen LogP contribution in [-0.4, -0.2) is 69.2 Å². The number of unbranched alkanes of at least 4 members (excludes halogenated alkanes) is 12. The molecule has 0 amide bonds. The molecule has 0 saturated carbocycles. The maximum absolute atomic E-state index is 11.3. The van der Waals surface area contributed by atoms with Crippen LogP contribution in [-0.2, 0) is 17.9 Å². The van der Waals surface area contributed by atoms with Crippen molar-refractivity contribution in [2.45, 2.75) is 136 Å². The second kappa shape index (κ2) is 22.8. The zero-order valence-electron chi connectivity index (χ0n) is 33.4. The van der Waals surface area contributed by atoms with Gasteiger partial charge in [0.1, 0.15) is 11.3 Å². The first-order valence-electron chi connectivity index (χ1n) is 21.1. The maximum atomic E-state index is 11.3. The van der Waals surface area contributed by atoms with Crippen LogP contribution in [0.25, 0.3) is 21.9 Å². The third-order valence-electron chi connectivity index (χ3n) is 11.0. The number of carboxylic acid groups (broad SMARTS) is 1. The number of aromatic hydroxyl groups is 1. The fourth-order valence-corrected chi connectivity index (χ4v) is 8.06. The fourth-order valence-electron chi connectivity index (χ4n) is 7.89. The largest absolute Gasteiger partial charge is 0.507 e. The number of carbonyl (C=O) groups is 1. The van der Waals surface area contributed by atoms with E-state index in [0.717, 1.165) is 96.5 Å². The molecule has 9 nitrogen and oxygen atoms in total. The van der Waals surface area contributed by atoms with Gasteiger partial charge in [0.15, 0.2) is 0 Å². The van der Waals surface area contributed by atoms with Gasteiger partial charge in [-0.3, -0.25) is 14.6 Å². The Morgan fingerprint density at radius 1 is 0.745 bits per heavy atom. The Bertz CT molecular complexity index is 1750. The Kier molecular flexibility index (Phi) is 17.6. The lowest BCUT2D eigenvalue weighted by Gasteiger charge is -2.22. The van der Waals surface area contributed by atoms with Crippen LogP contribution in [0.2, 0.25) is 5.02 Å². The lowest BCUT2D eigenvalue weighted by atomic mass is 10.0. The summed E-state index contributed by atoms with van der Waals surface area (Å²) in [5.74, 6) is 0.291. The van der Waals surface area contributed by atoms with Crippen molar-refractivity contribution < 1.29 is 19.7 Å². The van der Waals surface area contributed by atoms with Crippen LogP contribution in [0.5, 0.6) is 11.6 Å². The highest BCUT2D eigenvalue weighted by Crippen LogP contribution is 2.37. The van der Waals surface area contributed by atoms with Crippen LogP contribution in [0.1, 0.15) is 134 Å². The van der Waals surface area contributed by atoms with Crippen molar-refractivity contribution in [3.63, 3.8) is 0 Å². The number of phenolic OH excluding ortho intramolecular Hbond substituents is 1. The predicted molar refractivity (Wildman–Crippen MR) is 227 cm³/mol. The number of aromatic nitrogens is 2. The van der Waals surface area contributed by atoms with Crippen molar-refractivity contribution >= 4 is 50.9 Å². The van der Waals surface area contributed by atoms with E-state index in [2.05, 4.69) is 34.2 Å². The molecule has 6 rings (SSSR count). The molecule has 2 saturated heterocycles. The van der Waals surface area contributed by atoms with Crippen molar-refractivity contribution in [1.82, 2.24) is 19.8 Å². The molecule has 0 aliphatic carbocycles. The van der Waals surface area contributed by atoms with E-state index >= 15 is 0 Å². The summed E-state index contributed by atoms with van der Waals surface area (Å²) in [6, 6.07) is 13.6. The van der Waals surface area contributed by atoms with E-state index < -0.39 is 5.97 Å². The first kappa shape index (κ1) is 42.5. The van der Waals surface area contributed by atoms with Gasteiger partial charge in [-0.1, -0.05) is 95.6 Å². The van der Waals surface area contributed by atoms with Gasteiger partial charge in [0.05, 0.1) is 23.8 Å². The maximum Gasteiger partial charge on any atom is 0.303 e. The third-order valence-corrected chi connectivity index (χ3v) is 11.2. The Hall–Kier alpha value is -3.66. The predicted octanol–water partition coefficient (Wildman–Crippen LogP) is 11.6. The van der Waals surface area contributed by atoms with Gasteiger partial charge in [0.25, 0.3) is 0 Å². The number of fused-ring (bicyclic) bond motifs is 2. The zero-order chi connectivity index (χ0) is 38.8. The Morgan fingerprint density at radius 3 is 1.82 bits per heavy atom. The minimum atomic E-state index is -0.655. The van der Waals surface area contributed by atoms with Crippen molar-refractivity contribution in [3.05, 3.63) is 58.6 Å². The number of rotatable bonds is 21. The molecule has 0 bridgehead atoms. The van der Waals surface area contributed by atoms with Crippen LogP contribution < -0.4 is 10.1 Å². The van der Waals surface area contributed by atoms with E-state index in [1.54, 1.807) is 7.11 Å². The van der Waals surface area contributed by atoms with Gasteiger partial charge in [-0.2, -0.15) is 0 Å². The number of ether oxygens (including phenoxy) is 1. The summed E-state index contributed by atoms with van der Waals surface area (Å²) >= 11 is 6.32. The average molecular weight is 774 g/mol. The zero-order valence-corrected chi connectivity index (χ0v) is 34.1. The summed E-state index contributed by atoms with van der Waals surface area (Å²) in [7, 11) is 1.62. The van der Waals surface area contributed by atoms with Gasteiger partial charge in [0, 0.05) is 52.8 Å². The van der Waals surface area contributed by atoms with Gasteiger partial charge in [-0.15, -0.1) is 0 Å². The van der Waals surface area contributed by atoms with Crippen LogP contribution in [0, 0.1) is 0 Å². The van der Waals surface area contributed by atoms with Crippen LogP contribution >= 0.6 is 11.6 Å². The summed E-state index contributed by atoms with van der Waals surface area (Å²) < 4.78 is 5.43. The lowest BCUT2D eigenvalue weighted by Crippen LogP contribution is -2.20. The van der Waals surface area contributed by atoms with Crippen LogP contribution in [0.15, 0.2) is 42.5 Å². The third kappa shape index (κ3) is 13.5. The summed E-state index contributed by atoms with van der Waals surface area (Å²) in [4.78, 5) is 24.7. The number of carboxylic acids is 1. The molecule has 0 atom stereocenters. The molecular formula is C45H64ClN5O4. The highest BCUT2D eigenvalue weighted by Gasteiger charge is 2.21. The van der Waals surface area contributed by atoms with Gasteiger partial charge < -0.3 is 20.3 Å². The van der Waals surface area contributed by atoms with Gasteiger partial charge in [0.2, 0.25) is 5.88 Å². The second-order valence-corrected chi connectivity index (χ2v) is 15.9. The number of nitrogens with zero attached hydrogens (tertiary/aromatic N) is 4. The van der Waals surface area contributed by atoms with E-state index in [-0.39, 0.29) is 0 Å². The molecule has 2 aliphatic rings. The van der Waals surface area contributed by atoms with E-state index in [1.165, 1.54) is 96.3 Å². The molecule has 2 aliphatic heterocycles. The number of methoxy groups -OCH3 is 1. The number of benzene rings is 2. The summed E-state index contributed by atoms with van der Waals surface area (Å²) in [6.45, 7) is 8.04. The standard InChI is InChI=1S/C29H32ClN5O2.C16H32O2/c1-37-26-9-8-24-28(33-26)27(23-7-6-21(30)16-25(23)32-24)31-22-14-19(17-34-10-2-3-11-34)29(36)20(15-22)18-35-12-4-5-13-35;1-2-3-4-5-6-7-8-9-10-11-12-13-14-15-16(17)18/h6-9,14-16,36H,2-5,10-13,17-18H2,1H3,(H,31,32);2-15H2,1H3,(H,17,18). The lowest BCUT2D eigenvalue weighted by molar-refractivity contribution is -0.137. The van der Waals surface area contributed by atoms with Crippen LogP contribution in [0.3, 0.4) is 0 Å². The smallest absolute Gasteiger partial charge is 0.303 e. The normalized spacial score (nSPS) is 14.7. The van der Waals surface area contributed by atoms with Crippen LogP contribution in [0.4, 0.5) is 11.4 Å². The molecule has 2 fully saturated rings. The van der Waals surface area contributed by atoms with Crippen molar-refractivity contribution in [2.75, 3.05) is 38.6 Å². The summed E-state index contributed by atoms with van der Waals surface area (Å²) in [5.41, 5.74) is 5.96. The number of anilines is 2. The summed E-state index contributed by atoms with van der Waals surface area (Å²) in [5, 5.41) is 25.0. The molecule has 2 aromatic heterocycles. The number of phenols is 1. The Morgan fingerprint density at radius 2 is 1.29 bits per heavy atom. The van der Waals surface area contributed by atoms with Crippen molar-refractivity contribution in [3.8, 4) is 11.6 Å². The molecule has 4 heterocycles. The van der Waals surface area contributed by atoms with Crippen molar-refractivity contribution in [2.24, 2.45) is 0 Å². The number of nitrogens with one attached hydrogen (secondary N) is 1. The number of hydrogen-bond donors (Lipinski definition) is 3. The van der Waals surface area contributed by atoms with Gasteiger partial charge in [-0.25, -0.2) is 9.97 Å². The first-order valence-corrected chi connectivity index (χ1v) is 21.4. The number of aliphatic carboxylic acids is 1. The van der Waals surface area contributed by atoms with Gasteiger partial charge in [-0.05, 0) is 94.7 Å². The second-order valence-electron chi connectivity index (χ2n) is 15.5. The monoisotopic (exact) mass is 773 g/mol. The number of halogens is 1. The fraction of sp³-hybridized carbons (Fsp3) is 0.578. The molecule has 4 aromatic rings. The highest BCUT2D eigenvalue weighted by molar-refractivity contribution is 6.31. The molecule has 0 unspecified atom stereocenters. The first-order chi connectivity index (χ1) is 26.8. The minimum absolute atomic E-state index is 0.345. The molecule has 55 heavy (non-hydrogen) atoms. The Balaban J connectivity index is 0.000000275. The van der Waals surface area contributed by atoms with E-state index in [1.807, 2.05) is 30.3 Å². The summed E-state index contributed by atoms with van der Waals surface area (Å²) in [6.07, 6.45) is 22.1. The minimum Gasteiger partial charge on any atom is -0.507 e. The molecule has 2 aromatic carbocycles. The Labute approximate surface area is 333 Å². The molecule has 10 heteroatoms. The quantitative estimate of drug-likeness (QED) is 0.0433. The highest BCUT2D eigenvalue weighted by atomic mass is 35.5. The number of likely N-dealkylation sites (tertiary alicyclic amines) is 2. The van der Waals surface area contributed by atoms with Crippen molar-refractivity contribution in [1.29, 1.82) is 0 Å². The van der Waals surface area contributed by atoms with Gasteiger partial charge >= 0.3 is 5.97 Å². The average Bonchev–Trinajstić information content (AvgIpc) is 3.90. The SMILES string of the molecule is CCCCCCCCCCCCCCCC(=O)O.COc1ccc2nc3cc(Cl)ccc3c(Nc3cc(CN4CCCC4)c(O)c(CN4CCCC4)c3)c2n1. The molecule has 300 valence electrons. The van der Waals surface area contributed by atoms with E-state index in [9.17, 15) is 9.90 Å². The molecule has 0 radical (unpaired) electrons. The number of pyridine rings is 2. The number of hydrogen-bond acceptors (Lipinski definition) is 8. The van der Waals surface area contributed by atoms with E-state index in [4.69, 9.17) is 31.4 Å². The topological polar surface area (TPSA) is 111 Å².